The molecule has 0 N–H and O–H groups in total. The van der Waals surface area contributed by atoms with Gasteiger partial charge in [0.1, 0.15) is 6.20 Å². The van der Waals surface area contributed by atoms with E-state index in [1.165, 1.54) is 6.08 Å². The molecule has 0 amide bonds. The van der Waals surface area contributed by atoms with E-state index in [1.807, 2.05) is 0 Å². The van der Waals surface area contributed by atoms with Crippen LogP contribution in [0.2, 0.25) is 0 Å². The van der Waals surface area contributed by atoms with Crippen LogP contribution < -0.4 is 0 Å². The predicted molar refractivity (Wildman–Crippen MR) is 69.0 cm³/mol. The number of pyridine rings is 1. The van der Waals surface area contributed by atoms with E-state index in [2.05, 4.69) is 9.72 Å². The summed E-state index contributed by atoms with van der Waals surface area (Å²) < 4.78 is 30.9. The fourth-order valence-electron chi connectivity index (χ4n) is 2.08. The summed E-state index contributed by atoms with van der Waals surface area (Å²) in [5, 5.41) is 10.7. The minimum absolute atomic E-state index is 0.0435. The highest BCUT2D eigenvalue weighted by molar-refractivity contribution is 5.95. The first kappa shape index (κ1) is 15.0. The smallest absolute Gasteiger partial charge is 0.340 e. The van der Waals surface area contributed by atoms with Gasteiger partial charge in [-0.1, -0.05) is 6.08 Å². The molecule has 1 aromatic heterocycles. The Bertz CT molecular complexity index is 629. The van der Waals surface area contributed by atoms with Crippen molar-refractivity contribution in [2.24, 2.45) is 0 Å². The van der Waals surface area contributed by atoms with Crippen molar-refractivity contribution in [2.75, 3.05) is 7.11 Å². The molecule has 1 aliphatic rings. The van der Waals surface area contributed by atoms with Crippen molar-refractivity contribution in [3.8, 4) is 0 Å². The van der Waals surface area contributed by atoms with Crippen LogP contribution in [0.1, 0.15) is 35.3 Å². The van der Waals surface area contributed by atoms with Crippen LogP contribution in [-0.2, 0) is 4.74 Å². The van der Waals surface area contributed by atoms with Crippen LogP contribution in [0.5, 0.6) is 0 Å². The third-order valence-electron chi connectivity index (χ3n) is 3.20. The van der Waals surface area contributed by atoms with Gasteiger partial charge in [-0.15, -0.1) is 0 Å². The molecule has 0 bridgehead atoms. The Hall–Kier alpha value is -2.38. The average Bonchev–Trinajstić information content (AvgIpc) is 2.46. The third kappa shape index (κ3) is 3.21. The molecule has 0 fully saturated rings. The number of hydrogen-bond donors (Lipinski definition) is 0. The number of allylic oxidation sites excluding steroid dienone is 2. The van der Waals surface area contributed by atoms with Crippen LogP contribution in [0.3, 0.4) is 0 Å². The van der Waals surface area contributed by atoms with Crippen molar-refractivity contribution in [3.05, 3.63) is 39.7 Å². The summed E-state index contributed by atoms with van der Waals surface area (Å²) >= 11 is 0. The molecule has 0 aliphatic heterocycles. The van der Waals surface area contributed by atoms with E-state index in [-0.39, 0.29) is 29.8 Å². The number of methoxy groups -OCH3 is 1. The van der Waals surface area contributed by atoms with E-state index < -0.39 is 23.2 Å². The maximum atomic E-state index is 13.1. The number of alkyl halides is 2. The van der Waals surface area contributed by atoms with Gasteiger partial charge in [0.15, 0.2) is 0 Å². The SMILES string of the molecule is COC(=O)c1cc([N+](=O)[O-])cnc1C1=CCC(F)(F)CC1. The Morgan fingerprint density at radius 2 is 2.24 bits per heavy atom. The highest BCUT2D eigenvalue weighted by Gasteiger charge is 2.32. The van der Waals surface area contributed by atoms with Gasteiger partial charge in [0.2, 0.25) is 0 Å². The van der Waals surface area contributed by atoms with Gasteiger partial charge in [0.05, 0.1) is 23.3 Å². The predicted octanol–water partition coefficient (Wildman–Crippen LogP) is 2.98. The molecule has 0 atom stereocenters. The largest absolute Gasteiger partial charge is 0.465 e. The molecule has 21 heavy (non-hydrogen) atoms. The maximum Gasteiger partial charge on any atom is 0.340 e. The second-order valence-electron chi connectivity index (χ2n) is 4.63. The molecule has 0 saturated carbocycles. The Morgan fingerprint density at radius 1 is 1.52 bits per heavy atom. The van der Waals surface area contributed by atoms with Crippen molar-refractivity contribution >= 4 is 17.2 Å². The van der Waals surface area contributed by atoms with Crippen molar-refractivity contribution < 1.29 is 23.2 Å². The molecule has 6 nitrogen and oxygen atoms in total. The summed E-state index contributed by atoms with van der Waals surface area (Å²) in [5.41, 5.74) is 0.170. The first-order valence-electron chi connectivity index (χ1n) is 6.14. The Morgan fingerprint density at radius 3 is 2.76 bits per heavy atom. The van der Waals surface area contributed by atoms with Gasteiger partial charge in [-0.25, -0.2) is 18.6 Å². The fourth-order valence-corrected chi connectivity index (χ4v) is 2.08. The van der Waals surface area contributed by atoms with E-state index in [0.29, 0.717) is 5.57 Å². The zero-order valence-electron chi connectivity index (χ0n) is 11.1. The fraction of sp³-hybridized carbons (Fsp3) is 0.385. The van der Waals surface area contributed by atoms with Gasteiger partial charge in [-0.05, 0) is 12.0 Å². The third-order valence-corrected chi connectivity index (χ3v) is 3.20. The molecule has 1 aromatic rings. The molecule has 112 valence electrons. The van der Waals surface area contributed by atoms with Crippen LogP contribution in [0.15, 0.2) is 18.3 Å². The number of rotatable bonds is 3. The Balaban J connectivity index is 2.46. The second kappa shape index (κ2) is 5.55. The van der Waals surface area contributed by atoms with Gasteiger partial charge in [0.25, 0.3) is 11.6 Å². The Labute approximate surface area is 118 Å². The minimum atomic E-state index is -2.77. The number of carbonyl (C=O) groups is 1. The number of hydrogen-bond acceptors (Lipinski definition) is 5. The summed E-state index contributed by atoms with van der Waals surface area (Å²) in [6.07, 6.45) is 1.56. The lowest BCUT2D eigenvalue weighted by Crippen LogP contribution is -2.19. The highest BCUT2D eigenvalue weighted by atomic mass is 19.3. The van der Waals surface area contributed by atoms with Gasteiger partial charge in [-0.2, -0.15) is 0 Å². The molecule has 1 heterocycles. The van der Waals surface area contributed by atoms with Gasteiger partial charge in [-0.3, -0.25) is 10.1 Å². The summed E-state index contributed by atoms with van der Waals surface area (Å²) in [7, 11) is 1.13. The lowest BCUT2D eigenvalue weighted by molar-refractivity contribution is -0.385. The second-order valence-corrected chi connectivity index (χ2v) is 4.63. The zero-order valence-corrected chi connectivity index (χ0v) is 11.1. The van der Waals surface area contributed by atoms with E-state index in [9.17, 15) is 23.7 Å². The molecule has 0 unspecified atom stereocenters. The number of carbonyl (C=O) groups excluding carboxylic acids is 1. The average molecular weight is 298 g/mol. The van der Waals surface area contributed by atoms with Crippen LogP contribution in [0, 0.1) is 10.1 Å². The van der Waals surface area contributed by atoms with Crippen molar-refractivity contribution in [2.45, 2.75) is 25.2 Å². The highest BCUT2D eigenvalue weighted by Crippen LogP contribution is 2.37. The molecule has 1 aliphatic carbocycles. The quantitative estimate of drug-likeness (QED) is 0.486. The first-order chi connectivity index (χ1) is 9.84. The normalized spacial score (nSPS) is 17.0. The monoisotopic (exact) mass is 298 g/mol. The lowest BCUT2D eigenvalue weighted by atomic mass is 9.92. The summed E-state index contributed by atoms with van der Waals surface area (Å²) in [6.45, 7) is 0. The molecule has 0 spiro atoms. The zero-order chi connectivity index (χ0) is 15.6. The van der Waals surface area contributed by atoms with Crippen LogP contribution in [0.25, 0.3) is 5.57 Å². The van der Waals surface area contributed by atoms with E-state index in [1.54, 1.807) is 0 Å². The lowest BCUT2D eigenvalue weighted by Gasteiger charge is -2.21. The van der Waals surface area contributed by atoms with Crippen LogP contribution >= 0.6 is 0 Å². The van der Waals surface area contributed by atoms with Crippen LogP contribution in [-0.4, -0.2) is 28.9 Å². The van der Waals surface area contributed by atoms with Crippen LogP contribution in [0.4, 0.5) is 14.5 Å². The summed E-state index contributed by atoms with van der Waals surface area (Å²) in [6, 6.07) is 1.04. The van der Waals surface area contributed by atoms with E-state index in [0.717, 1.165) is 19.4 Å². The minimum Gasteiger partial charge on any atom is -0.465 e. The van der Waals surface area contributed by atoms with Gasteiger partial charge >= 0.3 is 5.97 Å². The Kier molecular flexibility index (Phi) is 3.97. The molecule has 0 aromatic carbocycles. The first-order valence-corrected chi connectivity index (χ1v) is 6.14. The van der Waals surface area contributed by atoms with Gasteiger partial charge < -0.3 is 4.74 Å². The van der Waals surface area contributed by atoms with Crippen molar-refractivity contribution in [1.82, 2.24) is 4.98 Å². The maximum absolute atomic E-state index is 13.1. The number of ether oxygens (including phenoxy) is 1. The topological polar surface area (TPSA) is 82.3 Å². The number of nitro groups is 1. The van der Waals surface area contributed by atoms with Crippen molar-refractivity contribution in [3.63, 3.8) is 0 Å². The molecular weight excluding hydrogens is 286 g/mol. The number of nitrogens with zero attached hydrogens (tertiary/aromatic N) is 2. The number of esters is 1. The standard InChI is InChI=1S/C13H12F2N2O4/c1-21-12(18)10-6-9(17(19)20)7-16-11(10)8-2-4-13(14,15)5-3-8/h2,6-7H,3-5H2,1H3. The number of halogens is 2. The molecule has 2 rings (SSSR count). The molecular formula is C13H12F2N2O4. The van der Waals surface area contributed by atoms with Gasteiger partial charge in [0, 0.05) is 18.9 Å². The summed E-state index contributed by atoms with van der Waals surface area (Å²) in [4.78, 5) is 25.7. The van der Waals surface area contributed by atoms with E-state index in [4.69, 9.17) is 0 Å². The number of aromatic nitrogens is 1. The molecule has 0 radical (unpaired) electrons. The van der Waals surface area contributed by atoms with Crippen molar-refractivity contribution in [1.29, 1.82) is 0 Å². The molecule has 0 saturated heterocycles. The summed E-state index contributed by atoms with van der Waals surface area (Å²) in [5.74, 6) is -3.56. The molecule has 8 heteroatoms. The van der Waals surface area contributed by atoms with E-state index >= 15 is 0 Å².